The molecule has 5 heteroatoms. The minimum absolute atomic E-state index is 0.0554. The summed E-state index contributed by atoms with van der Waals surface area (Å²) in [6.45, 7) is 2.02. The SMILES string of the molecule is CC(CC1CC1)NC(=O)C1(C(N)=NO)CCC1. The van der Waals surface area contributed by atoms with Crippen molar-refractivity contribution in [2.75, 3.05) is 0 Å². The molecule has 4 N–H and O–H groups in total. The van der Waals surface area contributed by atoms with Crippen molar-refractivity contribution in [2.24, 2.45) is 22.2 Å². The molecule has 1 atom stereocenters. The fourth-order valence-corrected chi connectivity index (χ4v) is 2.50. The molecule has 1 amide bonds. The smallest absolute Gasteiger partial charge is 0.234 e. The zero-order chi connectivity index (χ0) is 12.5. The van der Waals surface area contributed by atoms with Crippen molar-refractivity contribution in [3.63, 3.8) is 0 Å². The molecule has 5 nitrogen and oxygen atoms in total. The molecule has 2 rings (SSSR count). The summed E-state index contributed by atoms with van der Waals surface area (Å²) in [4.78, 5) is 12.2. The molecule has 0 bridgehead atoms. The topological polar surface area (TPSA) is 87.7 Å². The number of carbonyl (C=O) groups is 1. The fourth-order valence-electron chi connectivity index (χ4n) is 2.50. The Morgan fingerprint density at radius 3 is 2.65 bits per heavy atom. The molecule has 2 aliphatic carbocycles. The van der Waals surface area contributed by atoms with E-state index >= 15 is 0 Å². The maximum Gasteiger partial charge on any atom is 0.234 e. The summed E-state index contributed by atoms with van der Waals surface area (Å²) >= 11 is 0. The van der Waals surface area contributed by atoms with Gasteiger partial charge in [-0.1, -0.05) is 24.4 Å². The molecule has 17 heavy (non-hydrogen) atoms. The Morgan fingerprint density at radius 2 is 2.24 bits per heavy atom. The van der Waals surface area contributed by atoms with E-state index in [9.17, 15) is 4.79 Å². The van der Waals surface area contributed by atoms with Gasteiger partial charge >= 0.3 is 0 Å². The molecular weight excluding hydrogens is 218 g/mol. The van der Waals surface area contributed by atoms with Gasteiger partial charge in [0.05, 0.1) is 0 Å². The number of nitrogens with zero attached hydrogens (tertiary/aromatic N) is 1. The maximum atomic E-state index is 12.2. The number of rotatable bonds is 5. The zero-order valence-electron chi connectivity index (χ0n) is 10.3. The Labute approximate surface area is 101 Å². The van der Waals surface area contributed by atoms with Gasteiger partial charge in [-0.05, 0) is 32.1 Å². The van der Waals surface area contributed by atoms with Crippen molar-refractivity contribution in [3.05, 3.63) is 0 Å². The van der Waals surface area contributed by atoms with Crippen LogP contribution in [0.25, 0.3) is 0 Å². The van der Waals surface area contributed by atoms with Gasteiger partial charge in [-0.15, -0.1) is 0 Å². The summed E-state index contributed by atoms with van der Waals surface area (Å²) < 4.78 is 0. The van der Waals surface area contributed by atoms with Crippen LogP contribution in [0.15, 0.2) is 5.16 Å². The minimum atomic E-state index is -0.743. The summed E-state index contributed by atoms with van der Waals surface area (Å²) in [6.07, 6.45) is 5.94. The summed E-state index contributed by atoms with van der Waals surface area (Å²) in [5, 5.41) is 14.8. The predicted octanol–water partition coefficient (Wildman–Crippen LogP) is 1.21. The number of hydrogen-bond acceptors (Lipinski definition) is 3. The minimum Gasteiger partial charge on any atom is -0.409 e. The first kappa shape index (κ1) is 12.2. The average Bonchev–Trinajstić information content (AvgIpc) is 2.99. The van der Waals surface area contributed by atoms with Gasteiger partial charge in [0.2, 0.25) is 5.91 Å². The van der Waals surface area contributed by atoms with E-state index in [1.807, 2.05) is 6.92 Å². The quantitative estimate of drug-likeness (QED) is 0.291. The van der Waals surface area contributed by atoms with Gasteiger partial charge in [0.25, 0.3) is 0 Å². The Balaban J connectivity index is 1.92. The Morgan fingerprint density at radius 1 is 1.59 bits per heavy atom. The Kier molecular flexibility index (Phi) is 3.26. The molecule has 96 valence electrons. The second kappa shape index (κ2) is 4.55. The van der Waals surface area contributed by atoms with Crippen LogP contribution in [0, 0.1) is 11.3 Å². The third kappa shape index (κ3) is 2.37. The molecule has 2 aliphatic rings. The standard InChI is InChI=1S/C12H21N3O2/c1-8(7-9-3-4-9)14-11(16)12(5-2-6-12)10(13)15-17/h8-9,17H,2-7H2,1H3,(H2,13,15)(H,14,16). The molecule has 0 aromatic carbocycles. The van der Waals surface area contributed by atoms with Crippen molar-refractivity contribution in [2.45, 2.75) is 51.5 Å². The predicted molar refractivity (Wildman–Crippen MR) is 64.6 cm³/mol. The molecule has 0 spiro atoms. The second-order valence-corrected chi connectivity index (χ2v) is 5.47. The first-order valence-electron chi connectivity index (χ1n) is 6.37. The van der Waals surface area contributed by atoms with Gasteiger partial charge in [0.15, 0.2) is 5.84 Å². The maximum absolute atomic E-state index is 12.2. The Hall–Kier alpha value is -1.26. The number of nitrogens with two attached hydrogens (primary N) is 1. The van der Waals surface area contributed by atoms with E-state index in [4.69, 9.17) is 10.9 Å². The van der Waals surface area contributed by atoms with Gasteiger partial charge in [0.1, 0.15) is 5.41 Å². The van der Waals surface area contributed by atoms with Crippen molar-refractivity contribution in [1.82, 2.24) is 5.32 Å². The number of carbonyl (C=O) groups excluding carboxylic acids is 1. The third-order valence-electron chi connectivity index (χ3n) is 4.00. The van der Waals surface area contributed by atoms with Gasteiger partial charge in [-0.25, -0.2) is 0 Å². The molecule has 0 heterocycles. The highest BCUT2D eigenvalue weighted by Crippen LogP contribution is 2.41. The average molecular weight is 239 g/mol. The van der Waals surface area contributed by atoms with Crippen LogP contribution in [0.1, 0.15) is 45.4 Å². The molecule has 0 aliphatic heterocycles. The van der Waals surface area contributed by atoms with E-state index in [-0.39, 0.29) is 17.8 Å². The second-order valence-electron chi connectivity index (χ2n) is 5.47. The molecule has 2 saturated carbocycles. The third-order valence-corrected chi connectivity index (χ3v) is 4.00. The van der Waals surface area contributed by atoms with E-state index in [1.54, 1.807) is 0 Å². The highest BCUT2D eigenvalue weighted by Gasteiger charge is 2.48. The molecule has 0 radical (unpaired) electrons. The lowest BCUT2D eigenvalue weighted by Gasteiger charge is -2.39. The van der Waals surface area contributed by atoms with Gasteiger partial charge in [-0.2, -0.15) is 0 Å². The molecule has 0 saturated heterocycles. The summed E-state index contributed by atoms with van der Waals surface area (Å²) in [7, 11) is 0. The van der Waals surface area contributed by atoms with Crippen LogP contribution < -0.4 is 11.1 Å². The highest BCUT2D eigenvalue weighted by molar-refractivity contribution is 6.07. The molecule has 0 aromatic rings. The van der Waals surface area contributed by atoms with E-state index in [0.29, 0.717) is 12.8 Å². The normalized spacial score (nSPS) is 24.9. The lowest BCUT2D eigenvalue weighted by molar-refractivity contribution is -0.131. The molecule has 0 aromatic heterocycles. The first-order chi connectivity index (χ1) is 8.08. The van der Waals surface area contributed by atoms with Crippen molar-refractivity contribution in [1.29, 1.82) is 0 Å². The van der Waals surface area contributed by atoms with E-state index in [2.05, 4.69) is 10.5 Å². The molecule has 1 unspecified atom stereocenters. The highest BCUT2D eigenvalue weighted by atomic mass is 16.4. The van der Waals surface area contributed by atoms with Gasteiger partial charge in [-0.3, -0.25) is 4.79 Å². The number of amidine groups is 1. The zero-order valence-corrected chi connectivity index (χ0v) is 10.3. The molecular formula is C12H21N3O2. The number of amides is 1. The van der Waals surface area contributed by atoms with Crippen LogP contribution in [0.4, 0.5) is 0 Å². The van der Waals surface area contributed by atoms with Crippen LogP contribution in [0.3, 0.4) is 0 Å². The fraction of sp³-hybridized carbons (Fsp3) is 0.833. The van der Waals surface area contributed by atoms with E-state index in [0.717, 1.165) is 18.8 Å². The van der Waals surface area contributed by atoms with E-state index in [1.165, 1.54) is 12.8 Å². The van der Waals surface area contributed by atoms with Crippen LogP contribution in [0.2, 0.25) is 0 Å². The van der Waals surface area contributed by atoms with Gasteiger partial charge in [0, 0.05) is 6.04 Å². The Bertz CT molecular complexity index is 333. The monoisotopic (exact) mass is 239 g/mol. The van der Waals surface area contributed by atoms with Gasteiger partial charge < -0.3 is 16.3 Å². The van der Waals surface area contributed by atoms with Crippen LogP contribution >= 0.6 is 0 Å². The van der Waals surface area contributed by atoms with Crippen molar-refractivity contribution >= 4 is 11.7 Å². The number of nitrogens with one attached hydrogen (secondary N) is 1. The van der Waals surface area contributed by atoms with Crippen LogP contribution in [0.5, 0.6) is 0 Å². The summed E-state index contributed by atoms with van der Waals surface area (Å²) in [5.74, 6) is 0.763. The van der Waals surface area contributed by atoms with Crippen LogP contribution in [-0.4, -0.2) is 23.0 Å². The lowest BCUT2D eigenvalue weighted by atomic mass is 9.67. The summed E-state index contributed by atoms with van der Waals surface area (Å²) in [6, 6.07) is 0.180. The molecule has 2 fully saturated rings. The van der Waals surface area contributed by atoms with Crippen molar-refractivity contribution in [3.8, 4) is 0 Å². The number of oxime groups is 1. The largest absolute Gasteiger partial charge is 0.409 e. The number of hydrogen-bond donors (Lipinski definition) is 3. The summed E-state index contributed by atoms with van der Waals surface area (Å²) in [5.41, 5.74) is 4.90. The van der Waals surface area contributed by atoms with E-state index < -0.39 is 5.41 Å². The van der Waals surface area contributed by atoms with Crippen LogP contribution in [-0.2, 0) is 4.79 Å². The van der Waals surface area contributed by atoms with Crippen molar-refractivity contribution < 1.29 is 10.0 Å². The first-order valence-corrected chi connectivity index (χ1v) is 6.37. The lowest BCUT2D eigenvalue weighted by Crippen LogP contribution is -2.55.